The van der Waals surface area contributed by atoms with Gasteiger partial charge in [-0.2, -0.15) is 0 Å². The Labute approximate surface area is 140 Å². The second-order valence-electron chi connectivity index (χ2n) is 7.38. The molecule has 0 spiro atoms. The minimum Gasteiger partial charge on any atom is -0.487 e. The highest BCUT2D eigenvalue weighted by Gasteiger charge is 2.45. The highest BCUT2D eigenvalue weighted by atomic mass is 16.5. The Morgan fingerprint density at radius 3 is 2.17 bits per heavy atom. The summed E-state index contributed by atoms with van der Waals surface area (Å²) in [5.41, 5.74) is 1.60. The fraction of sp³-hybridized carbons (Fsp3) is 0.429. The van der Waals surface area contributed by atoms with Crippen LogP contribution in [0.1, 0.15) is 32.8 Å². The van der Waals surface area contributed by atoms with Crippen molar-refractivity contribution in [2.75, 3.05) is 6.54 Å². The van der Waals surface area contributed by atoms with Crippen molar-refractivity contribution in [1.29, 1.82) is 0 Å². The first kappa shape index (κ1) is 16.1. The van der Waals surface area contributed by atoms with Crippen LogP contribution in [-0.2, 0) is 6.42 Å². The van der Waals surface area contributed by atoms with E-state index in [-0.39, 0.29) is 5.54 Å². The molecule has 1 aliphatic heterocycles. The lowest BCUT2D eigenvalue weighted by Gasteiger charge is -2.54. The molecule has 122 valence electrons. The van der Waals surface area contributed by atoms with Gasteiger partial charge in [0.25, 0.3) is 0 Å². The van der Waals surface area contributed by atoms with Crippen molar-refractivity contribution in [1.82, 2.24) is 4.90 Å². The Bertz CT molecular complexity index is 603. The van der Waals surface area contributed by atoms with Gasteiger partial charge in [-0.1, -0.05) is 48.5 Å². The van der Waals surface area contributed by atoms with Crippen LogP contribution in [0.25, 0.3) is 0 Å². The summed E-state index contributed by atoms with van der Waals surface area (Å²) in [5, 5.41) is 0. The van der Waals surface area contributed by atoms with Crippen LogP contribution in [0, 0.1) is 0 Å². The van der Waals surface area contributed by atoms with Crippen molar-refractivity contribution < 1.29 is 4.74 Å². The van der Waals surface area contributed by atoms with Crippen molar-refractivity contribution in [3.8, 4) is 5.75 Å². The zero-order valence-corrected chi connectivity index (χ0v) is 14.4. The molecule has 0 radical (unpaired) electrons. The normalized spacial score (nSPS) is 21.7. The zero-order chi connectivity index (χ0) is 16.3. The van der Waals surface area contributed by atoms with Crippen LogP contribution in [0.3, 0.4) is 0 Å². The van der Waals surface area contributed by atoms with Crippen molar-refractivity contribution in [2.24, 2.45) is 0 Å². The van der Waals surface area contributed by atoms with Gasteiger partial charge in [0.05, 0.1) is 0 Å². The Hall–Kier alpha value is -1.80. The number of hydrogen-bond acceptors (Lipinski definition) is 2. The molecule has 0 aliphatic carbocycles. The summed E-state index contributed by atoms with van der Waals surface area (Å²) in [6.07, 6.45) is 2.53. The standard InChI is InChI=1S/C21H27NO/c1-21(2,3)22-16-20(23-18-12-8-5-9-13-18)19(22)15-14-17-10-6-4-7-11-17/h4-13,19-20H,14-16H2,1-3H3. The third kappa shape index (κ3) is 3.94. The molecule has 23 heavy (non-hydrogen) atoms. The summed E-state index contributed by atoms with van der Waals surface area (Å²) >= 11 is 0. The smallest absolute Gasteiger partial charge is 0.127 e. The fourth-order valence-corrected chi connectivity index (χ4v) is 3.38. The molecular weight excluding hydrogens is 282 g/mol. The zero-order valence-electron chi connectivity index (χ0n) is 14.4. The number of ether oxygens (including phenoxy) is 1. The summed E-state index contributed by atoms with van der Waals surface area (Å²) in [6.45, 7) is 7.89. The molecule has 0 amide bonds. The quantitative estimate of drug-likeness (QED) is 0.803. The fourth-order valence-electron chi connectivity index (χ4n) is 3.38. The maximum atomic E-state index is 6.24. The molecule has 2 aromatic carbocycles. The molecule has 1 saturated heterocycles. The number of para-hydroxylation sites is 1. The van der Waals surface area contributed by atoms with E-state index in [4.69, 9.17) is 4.74 Å². The molecule has 2 heteroatoms. The summed E-state index contributed by atoms with van der Waals surface area (Å²) in [4.78, 5) is 2.57. The van der Waals surface area contributed by atoms with Crippen molar-refractivity contribution in [2.45, 2.75) is 51.3 Å². The molecule has 2 unspecified atom stereocenters. The van der Waals surface area contributed by atoms with E-state index in [1.165, 1.54) is 5.56 Å². The molecule has 2 nitrogen and oxygen atoms in total. The lowest BCUT2D eigenvalue weighted by molar-refractivity contribution is -0.0969. The van der Waals surface area contributed by atoms with E-state index in [0.29, 0.717) is 12.1 Å². The van der Waals surface area contributed by atoms with Gasteiger partial charge < -0.3 is 4.74 Å². The first-order valence-corrected chi connectivity index (χ1v) is 8.56. The first-order valence-electron chi connectivity index (χ1n) is 8.56. The lowest BCUT2D eigenvalue weighted by Crippen LogP contribution is -2.68. The van der Waals surface area contributed by atoms with Crippen LogP contribution in [0.5, 0.6) is 5.75 Å². The Balaban J connectivity index is 1.65. The minimum atomic E-state index is 0.192. The number of likely N-dealkylation sites (tertiary alicyclic amines) is 1. The lowest BCUT2D eigenvalue weighted by atomic mass is 9.87. The SMILES string of the molecule is CC(C)(C)N1CC(Oc2ccccc2)C1CCc1ccccc1. The third-order valence-electron chi connectivity index (χ3n) is 4.67. The minimum absolute atomic E-state index is 0.192. The van der Waals surface area contributed by atoms with E-state index in [0.717, 1.165) is 25.1 Å². The summed E-state index contributed by atoms with van der Waals surface area (Å²) in [7, 11) is 0. The summed E-state index contributed by atoms with van der Waals surface area (Å²) in [6, 6.07) is 21.4. The van der Waals surface area contributed by atoms with Crippen LogP contribution >= 0.6 is 0 Å². The second-order valence-corrected chi connectivity index (χ2v) is 7.38. The topological polar surface area (TPSA) is 12.5 Å². The van der Waals surface area contributed by atoms with Crippen LogP contribution in [0.4, 0.5) is 0 Å². The van der Waals surface area contributed by atoms with Crippen LogP contribution in [0.15, 0.2) is 60.7 Å². The molecule has 2 atom stereocenters. The number of hydrogen-bond donors (Lipinski definition) is 0. The number of rotatable bonds is 5. The summed E-state index contributed by atoms with van der Waals surface area (Å²) in [5.74, 6) is 0.982. The highest BCUT2D eigenvalue weighted by Crippen LogP contribution is 2.33. The van der Waals surface area contributed by atoms with Gasteiger partial charge in [-0.3, -0.25) is 4.90 Å². The van der Waals surface area contributed by atoms with Gasteiger partial charge in [-0.05, 0) is 51.3 Å². The van der Waals surface area contributed by atoms with Crippen molar-refractivity contribution in [3.05, 3.63) is 66.2 Å². The molecule has 0 bridgehead atoms. The summed E-state index contributed by atoms with van der Waals surface area (Å²) < 4.78 is 6.24. The average molecular weight is 309 g/mol. The van der Waals surface area contributed by atoms with E-state index in [1.807, 2.05) is 30.3 Å². The van der Waals surface area contributed by atoms with Gasteiger partial charge in [0.2, 0.25) is 0 Å². The molecule has 0 aromatic heterocycles. The van der Waals surface area contributed by atoms with Gasteiger partial charge in [-0.25, -0.2) is 0 Å². The van der Waals surface area contributed by atoms with Crippen LogP contribution in [-0.4, -0.2) is 29.1 Å². The molecule has 3 rings (SSSR count). The van der Waals surface area contributed by atoms with Gasteiger partial charge in [-0.15, -0.1) is 0 Å². The molecule has 1 aliphatic rings. The molecule has 0 N–H and O–H groups in total. The predicted molar refractivity (Wildman–Crippen MR) is 95.9 cm³/mol. The van der Waals surface area contributed by atoms with E-state index < -0.39 is 0 Å². The van der Waals surface area contributed by atoms with Crippen LogP contribution < -0.4 is 4.74 Å². The monoisotopic (exact) mass is 309 g/mol. The number of nitrogens with zero attached hydrogens (tertiary/aromatic N) is 1. The van der Waals surface area contributed by atoms with Gasteiger partial charge in [0.1, 0.15) is 11.9 Å². The third-order valence-corrected chi connectivity index (χ3v) is 4.67. The van der Waals surface area contributed by atoms with E-state index in [2.05, 4.69) is 56.0 Å². The van der Waals surface area contributed by atoms with Crippen molar-refractivity contribution >= 4 is 0 Å². The maximum absolute atomic E-state index is 6.24. The van der Waals surface area contributed by atoms with Crippen molar-refractivity contribution in [3.63, 3.8) is 0 Å². The molecule has 0 saturated carbocycles. The van der Waals surface area contributed by atoms with Crippen LogP contribution in [0.2, 0.25) is 0 Å². The molecule has 2 aromatic rings. The highest BCUT2D eigenvalue weighted by molar-refractivity contribution is 5.22. The Kier molecular flexibility index (Phi) is 4.72. The average Bonchev–Trinajstić information content (AvgIpc) is 2.52. The molecule has 1 heterocycles. The first-order chi connectivity index (χ1) is 11.0. The van der Waals surface area contributed by atoms with E-state index in [9.17, 15) is 0 Å². The Morgan fingerprint density at radius 2 is 1.57 bits per heavy atom. The Morgan fingerprint density at radius 1 is 0.957 bits per heavy atom. The predicted octanol–water partition coefficient (Wildman–Crippen LogP) is 4.55. The molecular formula is C21H27NO. The number of aryl methyl sites for hydroxylation is 1. The van der Waals surface area contributed by atoms with Gasteiger partial charge in [0, 0.05) is 18.1 Å². The second kappa shape index (κ2) is 6.76. The van der Waals surface area contributed by atoms with E-state index >= 15 is 0 Å². The largest absolute Gasteiger partial charge is 0.487 e. The van der Waals surface area contributed by atoms with Gasteiger partial charge >= 0.3 is 0 Å². The maximum Gasteiger partial charge on any atom is 0.127 e. The number of benzene rings is 2. The molecule has 1 fully saturated rings. The van der Waals surface area contributed by atoms with E-state index in [1.54, 1.807) is 0 Å². The van der Waals surface area contributed by atoms with Gasteiger partial charge in [0.15, 0.2) is 0 Å².